The van der Waals surface area contributed by atoms with Crippen LogP contribution >= 0.6 is 11.6 Å². The van der Waals surface area contributed by atoms with E-state index in [0.717, 1.165) is 23.7 Å². The van der Waals surface area contributed by atoms with Crippen molar-refractivity contribution in [1.29, 1.82) is 0 Å². The number of benzene rings is 1. The number of rotatable bonds is 2. The van der Waals surface area contributed by atoms with Gasteiger partial charge in [-0.1, -0.05) is 31.3 Å². The van der Waals surface area contributed by atoms with Crippen molar-refractivity contribution < 1.29 is 4.74 Å². The Morgan fingerprint density at radius 2 is 2.28 bits per heavy atom. The number of hydrogen-bond donors (Lipinski definition) is 0. The van der Waals surface area contributed by atoms with E-state index in [9.17, 15) is 0 Å². The molecule has 0 aromatic heterocycles. The van der Waals surface area contributed by atoms with Gasteiger partial charge in [-0.15, -0.1) is 11.6 Å². The highest BCUT2D eigenvalue weighted by atomic mass is 35.5. The predicted molar refractivity (Wildman–Crippen MR) is 76.1 cm³/mol. The van der Waals surface area contributed by atoms with Crippen molar-refractivity contribution in [2.75, 3.05) is 5.88 Å². The standard InChI is InChI=1S/C16H19ClO/c1-13-5-2-8-15(11-13)18-16-9-3-6-14(12-16)7-4-10-17/h3,6,9,12-13,15H,2,5,8,10-11H2,1H3. The molecule has 96 valence electrons. The molecule has 0 heterocycles. The molecule has 0 radical (unpaired) electrons. The van der Waals surface area contributed by atoms with E-state index in [2.05, 4.69) is 18.8 Å². The van der Waals surface area contributed by atoms with Gasteiger partial charge in [0, 0.05) is 5.56 Å². The van der Waals surface area contributed by atoms with Crippen LogP contribution in [0.2, 0.25) is 0 Å². The first-order valence-electron chi connectivity index (χ1n) is 6.59. The Morgan fingerprint density at radius 3 is 3.06 bits per heavy atom. The smallest absolute Gasteiger partial charge is 0.120 e. The molecule has 1 aromatic carbocycles. The molecule has 2 atom stereocenters. The highest BCUT2D eigenvalue weighted by molar-refractivity contribution is 6.19. The minimum absolute atomic E-state index is 0.366. The van der Waals surface area contributed by atoms with Crippen LogP contribution in [-0.4, -0.2) is 12.0 Å². The largest absolute Gasteiger partial charge is 0.490 e. The molecule has 0 bridgehead atoms. The number of alkyl halides is 1. The van der Waals surface area contributed by atoms with Crippen molar-refractivity contribution in [3.05, 3.63) is 29.8 Å². The van der Waals surface area contributed by atoms with Crippen molar-refractivity contribution in [2.45, 2.75) is 38.7 Å². The molecule has 1 fully saturated rings. The fraction of sp³-hybridized carbons (Fsp3) is 0.500. The minimum Gasteiger partial charge on any atom is -0.490 e. The van der Waals surface area contributed by atoms with Crippen molar-refractivity contribution in [3.63, 3.8) is 0 Å². The number of hydrogen-bond acceptors (Lipinski definition) is 1. The molecule has 0 aliphatic heterocycles. The lowest BCUT2D eigenvalue weighted by Crippen LogP contribution is -2.24. The third-order valence-electron chi connectivity index (χ3n) is 3.32. The SMILES string of the molecule is CC1CCCC(Oc2cccc(C#CCCl)c2)C1. The van der Waals surface area contributed by atoms with E-state index in [4.69, 9.17) is 16.3 Å². The summed E-state index contributed by atoms with van der Waals surface area (Å²) in [5.41, 5.74) is 0.969. The van der Waals surface area contributed by atoms with Crippen LogP contribution in [0.25, 0.3) is 0 Å². The molecule has 0 spiro atoms. The van der Waals surface area contributed by atoms with Gasteiger partial charge in [0.05, 0.1) is 12.0 Å². The molecule has 2 heteroatoms. The minimum atomic E-state index is 0.366. The topological polar surface area (TPSA) is 9.23 Å². The van der Waals surface area contributed by atoms with Gasteiger partial charge >= 0.3 is 0 Å². The maximum absolute atomic E-state index is 6.05. The zero-order valence-corrected chi connectivity index (χ0v) is 11.5. The Balaban J connectivity index is 2.00. The van der Waals surface area contributed by atoms with E-state index in [1.165, 1.54) is 19.3 Å². The van der Waals surface area contributed by atoms with Gasteiger partial charge in [0.2, 0.25) is 0 Å². The van der Waals surface area contributed by atoms with Gasteiger partial charge in [0.25, 0.3) is 0 Å². The van der Waals surface area contributed by atoms with Crippen molar-refractivity contribution in [3.8, 4) is 17.6 Å². The van der Waals surface area contributed by atoms with E-state index < -0.39 is 0 Å². The molecular weight excluding hydrogens is 244 g/mol. The van der Waals surface area contributed by atoms with Crippen LogP contribution in [0.1, 0.15) is 38.2 Å². The first-order valence-corrected chi connectivity index (χ1v) is 7.13. The Hall–Kier alpha value is -1.13. The van der Waals surface area contributed by atoms with E-state index in [-0.39, 0.29) is 0 Å². The number of ether oxygens (including phenoxy) is 1. The molecular formula is C16H19ClO. The Bertz CT molecular complexity index is 444. The fourth-order valence-electron chi connectivity index (χ4n) is 2.46. The third kappa shape index (κ3) is 3.96. The van der Waals surface area contributed by atoms with Crippen molar-refractivity contribution in [1.82, 2.24) is 0 Å². The molecule has 0 amide bonds. The second kappa shape index (κ2) is 6.71. The predicted octanol–water partition coefficient (Wildman–Crippen LogP) is 4.23. The first kappa shape index (κ1) is 13.3. The quantitative estimate of drug-likeness (QED) is 0.572. The second-order valence-electron chi connectivity index (χ2n) is 4.97. The Labute approximate surface area is 114 Å². The van der Waals surface area contributed by atoms with Gasteiger partial charge in [-0.3, -0.25) is 0 Å². The molecule has 1 saturated carbocycles. The van der Waals surface area contributed by atoms with Gasteiger partial charge in [-0.05, 0) is 43.4 Å². The second-order valence-corrected chi connectivity index (χ2v) is 5.24. The average Bonchev–Trinajstić information content (AvgIpc) is 2.37. The summed E-state index contributed by atoms with van der Waals surface area (Å²) in [4.78, 5) is 0. The maximum Gasteiger partial charge on any atom is 0.120 e. The van der Waals surface area contributed by atoms with E-state index in [1.54, 1.807) is 0 Å². The van der Waals surface area contributed by atoms with Crippen LogP contribution in [0.15, 0.2) is 24.3 Å². The zero-order chi connectivity index (χ0) is 12.8. The summed E-state index contributed by atoms with van der Waals surface area (Å²) in [5, 5.41) is 0. The summed E-state index contributed by atoms with van der Waals surface area (Å²) in [6.45, 7) is 2.30. The molecule has 0 N–H and O–H groups in total. The van der Waals surface area contributed by atoms with Gasteiger partial charge in [-0.25, -0.2) is 0 Å². The number of halogens is 1. The van der Waals surface area contributed by atoms with Crippen LogP contribution in [0, 0.1) is 17.8 Å². The average molecular weight is 263 g/mol. The van der Waals surface area contributed by atoms with Crippen LogP contribution < -0.4 is 4.74 Å². The summed E-state index contributed by atoms with van der Waals surface area (Å²) in [5.74, 6) is 7.95. The molecule has 1 aromatic rings. The van der Waals surface area contributed by atoms with Gasteiger partial charge in [0.1, 0.15) is 5.75 Å². The van der Waals surface area contributed by atoms with E-state index in [0.29, 0.717) is 12.0 Å². The summed E-state index contributed by atoms with van der Waals surface area (Å²) >= 11 is 5.56. The molecule has 1 aliphatic rings. The fourth-order valence-corrected chi connectivity index (χ4v) is 2.53. The monoisotopic (exact) mass is 262 g/mol. The molecule has 1 aliphatic carbocycles. The van der Waals surface area contributed by atoms with Gasteiger partial charge in [-0.2, -0.15) is 0 Å². The molecule has 2 unspecified atom stereocenters. The molecule has 0 saturated heterocycles. The maximum atomic E-state index is 6.05. The zero-order valence-electron chi connectivity index (χ0n) is 10.8. The summed E-state index contributed by atoms with van der Waals surface area (Å²) in [6, 6.07) is 7.97. The summed E-state index contributed by atoms with van der Waals surface area (Å²) < 4.78 is 6.05. The van der Waals surface area contributed by atoms with E-state index >= 15 is 0 Å². The lowest BCUT2D eigenvalue weighted by molar-refractivity contribution is 0.129. The Morgan fingerprint density at radius 1 is 1.39 bits per heavy atom. The molecule has 1 nitrogen and oxygen atoms in total. The molecule has 18 heavy (non-hydrogen) atoms. The molecule has 2 rings (SSSR count). The van der Waals surface area contributed by atoms with Crippen LogP contribution in [0.5, 0.6) is 5.75 Å². The van der Waals surface area contributed by atoms with Crippen LogP contribution in [0.4, 0.5) is 0 Å². The highest BCUT2D eigenvalue weighted by Gasteiger charge is 2.20. The van der Waals surface area contributed by atoms with Crippen LogP contribution in [-0.2, 0) is 0 Å². The third-order valence-corrected chi connectivity index (χ3v) is 3.46. The van der Waals surface area contributed by atoms with Crippen molar-refractivity contribution >= 4 is 11.6 Å². The lowest BCUT2D eigenvalue weighted by atomic mass is 9.89. The summed E-state index contributed by atoms with van der Waals surface area (Å²) in [7, 11) is 0. The van der Waals surface area contributed by atoms with Gasteiger partial charge < -0.3 is 4.74 Å². The Kier molecular flexibility index (Phi) is 4.96. The lowest BCUT2D eigenvalue weighted by Gasteiger charge is -2.27. The van der Waals surface area contributed by atoms with Crippen LogP contribution in [0.3, 0.4) is 0 Å². The normalized spacial score (nSPS) is 23.0. The first-order chi connectivity index (χ1) is 8.78. The summed E-state index contributed by atoms with van der Waals surface area (Å²) in [6.07, 6.45) is 5.31. The van der Waals surface area contributed by atoms with Crippen molar-refractivity contribution in [2.24, 2.45) is 5.92 Å². The highest BCUT2D eigenvalue weighted by Crippen LogP contribution is 2.27. The van der Waals surface area contributed by atoms with E-state index in [1.807, 2.05) is 24.3 Å². The van der Waals surface area contributed by atoms with Gasteiger partial charge in [0.15, 0.2) is 0 Å².